The van der Waals surface area contributed by atoms with Crippen molar-refractivity contribution in [2.24, 2.45) is 5.92 Å². The average Bonchev–Trinajstić information content (AvgIpc) is 3.49. The number of rotatable bonds is 5. The highest BCUT2D eigenvalue weighted by Crippen LogP contribution is 2.33. The first-order chi connectivity index (χ1) is 14.6. The van der Waals surface area contributed by atoms with Crippen molar-refractivity contribution < 1.29 is 9.59 Å². The molecular formula is C22H28N4O3S. The Labute approximate surface area is 179 Å². The van der Waals surface area contributed by atoms with E-state index in [1.165, 1.54) is 16.9 Å². The van der Waals surface area contributed by atoms with Gasteiger partial charge in [-0.1, -0.05) is 0 Å². The lowest BCUT2D eigenvalue weighted by Crippen LogP contribution is -2.43. The SMILES string of the molecule is O=C(NC1CC1)C1CCN(C(=O)CCn2cnc3sc4c(c3c2=O)CCCC4)CC1. The third-order valence-corrected chi connectivity index (χ3v) is 7.85. The zero-order chi connectivity index (χ0) is 20.7. The molecule has 8 heteroatoms. The van der Waals surface area contributed by atoms with Crippen LogP contribution in [-0.2, 0) is 29.0 Å². The number of carbonyl (C=O) groups excluding carboxylic acids is 2. The normalized spacial score (nSPS) is 19.7. The molecule has 3 aliphatic rings. The number of nitrogens with one attached hydrogen (secondary N) is 1. The van der Waals surface area contributed by atoms with Gasteiger partial charge in [-0.2, -0.15) is 0 Å². The highest BCUT2D eigenvalue weighted by Gasteiger charge is 2.31. The van der Waals surface area contributed by atoms with Gasteiger partial charge in [0, 0.05) is 42.9 Å². The summed E-state index contributed by atoms with van der Waals surface area (Å²) in [6.45, 7) is 1.59. The van der Waals surface area contributed by atoms with Crippen molar-refractivity contribution in [3.63, 3.8) is 0 Å². The molecule has 2 aliphatic carbocycles. The minimum atomic E-state index is -0.0114. The van der Waals surface area contributed by atoms with Gasteiger partial charge in [-0.3, -0.25) is 19.0 Å². The Balaban J connectivity index is 1.19. The molecule has 0 bridgehead atoms. The van der Waals surface area contributed by atoms with Crippen LogP contribution < -0.4 is 10.9 Å². The second kappa shape index (κ2) is 8.13. The molecule has 2 aromatic rings. The minimum absolute atomic E-state index is 0.0114. The third-order valence-electron chi connectivity index (χ3n) is 6.65. The van der Waals surface area contributed by atoms with Crippen molar-refractivity contribution >= 4 is 33.4 Å². The summed E-state index contributed by atoms with van der Waals surface area (Å²) in [7, 11) is 0. The first kappa shape index (κ1) is 19.7. The van der Waals surface area contributed by atoms with Crippen LogP contribution in [0.25, 0.3) is 10.2 Å². The predicted octanol–water partition coefficient (Wildman–Crippen LogP) is 2.24. The minimum Gasteiger partial charge on any atom is -0.353 e. The molecule has 0 radical (unpaired) electrons. The fraction of sp³-hybridized carbons (Fsp3) is 0.636. The number of fused-ring (bicyclic) bond motifs is 3. The second-order valence-corrected chi connectivity index (χ2v) is 9.91. The van der Waals surface area contributed by atoms with E-state index in [1.807, 2.05) is 4.90 Å². The largest absolute Gasteiger partial charge is 0.353 e. The zero-order valence-electron chi connectivity index (χ0n) is 17.2. The Morgan fingerprint density at radius 1 is 1.13 bits per heavy atom. The maximum Gasteiger partial charge on any atom is 0.262 e. The van der Waals surface area contributed by atoms with Gasteiger partial charge in [0.15, 0.2) is 0 Å². The summed E-state index contributed by atoms with van der Waals surface area (Å²) in [6.07, 6.45) is 9.82. The van der Waals surface area contributed by atoms with Crippen molar-refractivity contribution in [2.75, 3.05) is 13.1 Å². The Bertz CT molecular complexity index is 1030. The molecule has 1 saturated heterocycles. The number of thiophene rings is 1. The first-order valence-electron chi connectivity index (χ1n) is 11.2. The molecule has 0 aromatic carbocycles. The van der Waals surface area contributed by atoms with E-state index in [9.17, 15) is 14.4 Å². The third kappa shape index (κ3) is 3.89. The van der Waals surface area contributed by atoms with Crippen LogP contribution in [0.2, 0.25) is 0 Å². The van der Waals surface area contributed by atoms with Crippen LogP contribution in [-0.4, -0.2) is 45.4 Å². The molecule has 7 nitrogen and oxygen atoms in total. The fourth-order valence-corrected chi connectivity index (χ4v) is 5.87. The summed E-state index contributed by atoms with van der Waals surface area (Å²) in [5.41, 5.74) is 1.17. The summed E-state index contributed by atoms with van der Waals surface area (Å²) in [4.78, 5) is 46.4. The maximum atomic E-state index is 13.0. The lowest BCUT2D eigenvalue weighted by molar-refractivity contribution is -0.135. The molecule has 0 atom stereocenters. The highest BCUT2D eigenvalue weighted by molar-refractivity contribution is 7.18. The number of likely N-dealkylation sites (tertiary alicyclic amines) is 1. The summed E-state index contributed by atoms with van der Waals surface area (Å²) in [6, 6.07) is 0.384. The Hall–Kier alpha value is -2.22. The lowest BCUT2D eigenvalue weighted by atomic mass is 9.95. The van der Waals surface area contributed by atoms with Gasteiger partial charge in [-0.05, 0) is 56.9 Å². The molecule has 2 aromatic heterocycles. The molecule has 30 heavy (non-hydrogen) atoms. The molecule has 3 heterocycles. The molecule has 2 fully saturated rings. The molecule has 1 saturated carbocycles. The van der Waals surface area contributed by atoms with Gasteiger partial charge < -0.3 is 10.2 Å². The van der Waals surface area contributed by atoms with E-state index in [1.54, 1.807) is 22.2 Å². The van der Waals surface area contributed by atoms with Gasteiger partial charge in [0.05, 0.1) is 11.7 Å². The number of piperidine rings is 1. The molecule has 5 rings (SSSR count). The number of hydrogen-bond donors (Lipinski definition) is 1. The number of hydrogen-bond acceptors (Lipinski definition) is 5. The summed E-state index contributed by atoms with van der Waals surface area (Å²) >= 11 is 1.65. The van der Waals surface area contributed by atoms with Gasteiger partial charge in [0.2, 0.25) is 11.8 Å². The fourth-order valence-electron chi connectivity index (χ4n) is 4.65. The number of amides is 2. The van der Waals surface area contributed by atoms with Crippen molar-refractivity contribution in [3.05, 3.63) is 27.1 Å². The Morgan fingerprint density at radius 3 is 2.67 bits per heavy atom. The van der Waals surface area contributed by atoms with Crippen molar-refractivity contribution in [1.29, 1.82) is 0 Å². The first-order valence-corrected chi connectivity index (χ1v) is 12.0. The van der Waals surface area contributed by atoms with Crippen LogP contribution in [0.5, 0.6) is 0 Å². The van der Waals surface area contributed by atoms with Crippen molar-refractivity contribution in [2.45, 2.75) is 70.4 Å². The van der Waals surface area contributed by atoms with Crippen LogP contribution in [0.3, 0.4) is 0 Å². The molecule has 0 spiro atoms. The number of carbonyl (C=O) groups is 2. The molecule has 160 valence electrons. The van der Waals surface area contributed by atoms with Gasteiger partial charge in [-0.25, -0.2) is 4.98 Å². The number of aromatic nitrogens is 2. The van der Waals surface area contributed by atoms with E-state index in [0.29, 0.717) is 32.1 Å². The topological polar surface area (TPSA) is 84.3 Å². The smallest absolute Gasteiger partial charge is 0.262 e. The van der Waals surface area contributed by atoms with Crippen LogP contribution in [0.1, 0.15) is 55.4 Å². The van der Waals surface area contributed by atoms with E-state index in [-0.39, 0.29) is 23.3 Å². The van der Waals surface area contributed by atoms with E-state index in [0.717, 1.165) is 55.2 Å². The Kier molecular flexibility index (Phi) is 5.35. The van der Waals surface area contributed by atoms with Crippen LogP contribution >= 0.6 is 11.3 Å². The second-order valence-electron chi connectivity index (χ2n) is 8.82. The quantitative estimate of drug-likeness (QED) is 0.792. The molecule has 1 aliphatic heterocycles. The van der Waals surface area contributed by atoms with Crippen LogP contribution in [0, 0.1) is 5.92 Å². The van der Waals surface area contributed by atoms with Gasteiger partial charge in [0.25, 0.3) is 5.56 Å². The molecular weight excluding hydrogens is 400 g/mol. The van der Waals surface area contributed by atoms with Crippen molar-refractivity contribution in [3.8, 4) is 0 Å². The predicted molar refractivity (Wildman–Crippen MR) is 116 cm³/mol. The molecule has 1 N–H and O–H groups in total. The average molecular weight is 429 g/mol. The van der Waals surface area contributed by atoms with E-state index >= 15 is 0 Å². The standard InChI is InChI=1S/C22H28N4O3S/c27-18(25-10-7-14(8-11-25)20(28)24-15-5-6-15)9-12-26-13-23-21-19(22(26)29)16-3-1-2-4-17(16)30-21/h13-15H,1-12H2,(H,24,28). The monoisotopic (exact) mass is 428 g/mol. The molecule has 0 unspecified atom stereocenters. The Morgan fingerprint density at radius 2 is 1.90 bits per heavy atom. The highest BCUT2D eigenvalue weighted by atomic mass is 32.1. The maximum absolute atomic E-state index is 13.0. The lowest BCUT2D eigenvalue weighted by Gasteiger charge is -2.31. The van der Waals surface area contributed by atoms with E-state index in [2.05, 4.69) is 10.3 Å². The van der Waals surface area contributed by atoms with E-state index < -0.39 is 0 Å². The van der Waals surface area contributed by atoms with Gasteiger partial charge in [-0.15, -0.1) is 11.3 Å². The van der Waals surface area contributed by atoms with E-state index in [4.69, 9.17) is 0 Å². The molecule has 2 amide bonds. The van der Waals surface area contributed by atoms with Gasteiger partial charge in [0.1, 0.15) is 4.83 Å². The van der Waals surface area contributed by atoms with Crippen LogP contribution in [0.4, 0.5) is 0 Å². The summed E-state index contributed by atoms with van der Waals surface area (Å²) in [5, 5.41) is 3.84. The number of nitrogens with zero attached hydrogens (tertiary/aromatic N) is 3. The van der Waals surface area contributed by atoms with Gasteiger partial charge >= 0.3 is 0 Å². The summed E-state index contributed by atoms with van der Waals surface area (Å²) < 4.78 is 1.59. The zero-order valence-corrected chi connectivity index (χ0v) is 18.0. The van der Waals surface area contributed by atoms with Crippen molar-refractivity contribution in [1.82, 2.24) is 19.8 Å². The summed E-state index contributed by atoms with van der Waals surface area (Å²) in [5.74, 6) is 0.221. The van der Waals surface area contributed by atoms with Crippen LogP contribution in [0.15, 0.2) is 11.1 Å². The number of aryl methyl sites for hydroxylation is 3.